The van der Waals surface area contributed by atoms with Crippen molar-refractivity contribution >= 4 is 16.8 Å². The second-order valence-electron chi connectivity index (χ2n) is 7.72. The molecule has 2 heterocycles. The molecule has 1 unspecified atom stereocenters. The van der Waals surface area contributed by atoms with Crippen molar-refractivity contribution in [1.29, 1.82) is 0 Å². The maximum Gasteiger partial charge on any atom is 0.295 e. The number of para-hydroxylation sites is 1. The molecule has 1 atom stereocenters. The summed E-state index contributed by atoms with van der Waals surface area (Å²) in [7, 11) is 0. The minimum Gasteiger partial charge on any atom is -0.354 e. The average Bonchev–Trinajstić information content (AvgIpc) is 3.14. The lowest BCUT2D eigenvalue weighted by Gasteiger charge is -2.13. The summed E-state index contributed by atoms with van der Waals surface area (Å²) in [6.07, 6.45) is 0. The lowest BCUT2D eigenvalue weighted by molar-refractivity contribution is -0.121. The molecule has 4 rings (SSSR count). The van der Waals surface area contributed by atoms with E-state index in [0.29, 0.717) is 17.8 Å². The van der Waals surface area contributed by atoms with Crippen LogP contribution in [0, 0.1) is 13.8 Å². The van der Waals surface area contributed by atoms with Gasteiger partial charge in [-0.2, -0.15) is 10.2 Å². The number of nitrogens with zero attached hydrogens (tertiary/aromatic N) is 4. The van der Waals surface area contributed by atoms with Gasteiger partial charge in [-0.05, 0) is 37.5 Å². The molecule has 7 heteroatoms. The first-order chi connectivity index (χ1) is 15.0. The van der Waals surface area contributed by atoms with Crippen LogP contribution in [0.1, 0.15) is 29.8 Å². The van der Waals surface area contributed by atoms with Gasteiger partial charge in [-0.15, -0.1) is 0 Å². The van der Waals surface area contributed by atoms with Gasteiger partial charge in [0.05, 0.1) is 22.5 Å². The van der Waals surface area contributed by atoms with Crippen LogP contribution in [0.2, 0.25) is 0 Å². The first-order valence-electron chi connectivity index (χ1n) is 10.3. The molecule has 31 heavy (non-hydrogen) atoms. The molecule has 1 amide bonds. The van der Waals surface area contributed by atoms with Crippen LogP contribution in [0.25, 0.3) is 16.6 Å². The van der Waals surface area contributed by atoms with E-state index in [0.717, 1.165) is 22.3 Å². The maximum atomic E-state index is 13.0. The second-order valence-corrected chi connectivity index (χ2v) is 7.72. The van der Waals surface area contributed by atoms with Crippen molar-refractivity contribution in [1.82, 2.24) is 24.9 Å². The number of benzene rings is 2. The smallest absolute Gasteiger partial charge is 0.295 e. The molecule has 0 aliphatic rings. The summed E-state index contributed by atoms with van der Waals surface area (Å²) in [5.41, 5.74) is 3.48. The number of aromatic nitrogens is 4. The van der Waals surface area contributed by atoms with E-state index in [1.54, 1.807) is 4.68 Å². The Bertz CT molecular complexity index is 1280. The third kappa shape index (κ3) is 4.12. The lowest BCUT2D eigenvalue weighted by Crippen LogP contribution is -2.35. The summed E-state index contributed by atoms with van der Waals surface area (Å²) in [5.74, 6) is -0.0846. The van der Waals surface area contributed by atoms with Gasteiger partial charge in [0.15, 0.2) is 5.52 Å². The van der Waals surface area contributed by atoms with E-state index in [1.807, 2.05) is 74.5 Å². The molecule has 0 aliphatic heterocycles. The van der Waals surface area contributed by atoms with Gasteiger partial charge < -0.3 is 5.32 Å². The van der Waals surface area contributed by atoms with E-state index in [4.69, 9.17) is 0 Å². The minimum absolute atomic E-state index is 0.144. The van der Waals surface area contributed by atoms with E-state index in [9.17, 15) is 9.59 Å². The molecule has 2 aromatic carbocycles. The third-order valence-corrected chi connectivity index (χ3v) is 5.45. The Hall–Kier alpha value is -3.74. The Labute approximate surface area is 180 Å². The number of nitrogens with one attached hydrogen (secondary N) is 1. The largest absolute Gasteiger partial charge is 0.354 e. The highest BCUT2D eigenvalue weighted by Gasteiger charge is 2.18. The SMILES string of the molecule is Cc1nn(CC(=O)NCC(C)c2ccccc2)c(=O)c2nn(-c3ccccc3)c(C)c12. The first kappa shape index (κ1) is 20.5. The molecule has 0 radical (unpaired) electrons. The first-order valence-corrected chi connectivity index (χ1v) is 10.3. The zero-order valence-corrected chi connectivity index (χ0v) is 17.9. The van der Waals surface area contributed by atoms with Crippen LogP contribution in [0.3, 0.4) is 0 Å². The monoisotopic (exact) mass is 415 g/mol. The molecule has 2 aromatic heterocycles. The van der Waals surface area contributed by atoms with E-state index < -0.39 is 0 Å². The fraction of sp³-hybridized carbons (Fsp3) is 0.250. The normalized spacial score (nSPS) is 12.1. The van der Waals surface area contributed by atoms with Crippen molar-refractivity contribution < 1.29 is 4.79 Å². The van der Waals surface area contributed by atoms with E-state index in [-0.39, 0.29) is 23.9 Å². The molecular formula is C24H25N5O2. The van der Waals surface area contributed by atoms with Crippen molar-refractivity contribution in [3.05, 3.63) is 88.0 Å². The Morgan fingerprint density at radius 2 is 1.65 bits per heavy atom. The highest BCUT2D eigenvalue weighted by Crippen LogP contribution is 2.20. The molecular weight excluding hydrogens is 390 g/mol. The summed E-state index contributed by atoms with van der Waals surface area (Å²) in [6.45, 7) is 6.14. The lowest BCUT2D eigenvalue weighted by atomic mass is 10.0. The molecule has 0 fully saturated rings. The summed E-state index contributed by atoms with van der Waals surface area (Å²) < 4.78 is 2.94. The Balaban J connectivity index is 1.56. The van der Waals surface area contributed by atoms with Gasteiger partial charge in [0.1, 0.15) is 6.54 Å². The van der Waals surface area contributed by atoms with Gasteiger partial charge >= 0.3 is 0 Å². The second kappa shape index (κ2) is 8.55. The number of aryl methyl sites for hydroxylation is 2. The van der Waals surface area contributed by atoms with Crippen LogP contribution in [0.4, 0.5) is 0 Å². The molecule has 158 valence electrons. The molecule has 4 aromatic rings. The van der Waals surface area contributed by atoms with Gasteiger partial charge in [-0.25, -0.2) is 9.36 Å². The van der Waals surface area contributed by atoms with Crippen LogP contribution in [0.5, 0.6) is 0 Å². The minimum atomic E-state index is -0.371. The Kier molecular flexibility index (Phi) is 5.66. The van der Waals surface area contributed by atoms with Crippen LogP contribution < -0.4 is 10.9 Å². The van der Waals surface area contributed by atoms with Crippen LogP contribution in [-0.4, -0.2) is 32.0 Å². The fourth-order valence-electron chi connectivity index (χ4n) is 3.77. The van der Waals surface area contributed by atoms with Crippen LogP contribution in [-0.2, 0) is 11.3 Å². The van der Waals surface area contributed by atoms with E-state index >= 15 is 0 Å². The van der Waals surface area contributed by atoms with Gasteiger partial charge in [0, 0.05) is 6.54 Å². The standard InChI is InChI=1S/C24H25N5O2/c1-16(19-10-6-4-7-11-19)14-25-21(30)15-28-24(31)23-22(17(2)26-28)18(3)29(27-23)20-12-8-5-9-13-20/h4-13,16H,14-15H2,1-3H3,(H,25,30). The summed E-state index contributed by atoms with van der Waals surface area (Å²) >= 11 is 0. The summed E-state index contributed by atoms with van der Waals surface area (Å²) in [5, 5.41) is 12.5. The molecule has 0 bridgehead atoms. The van der Waals surface area contributed by atoms with E-state index in [2.05, 4.69) is 22.4 Å². The molecule has 0 saturated carbocycles. The number of amides is 1. The van der Waals surface area contributed by atoms with Gasteiger partial charge in [-0.3, -0.25) is 9.59 Å². The highest BCUT2D eigenvalue weighted by atomic mass is 16.2. The van der Waals surface area contributed by atoms with Crippen molar-refractivity contribution in [2.24, 2.45) is 0 Å². The van der Waals surface area contributed by atoms with Crippen molar-refractivity contribution in [2.45, 2.75) is 33.2 Å². The van der Waals surface area contributed by atoms with Gasteiger partial charge in [-0.1, -0.05) is 55.5 Å². The van der Waals surface area contributed by atoms with Crippen molar-refractivity contribution in [3.63, 3.8) is 0 Å². The molecule has 0 aliphatic carbocycles. The third-order valence-electron chi connectivity index (χ3n) is 5.45. The Morgan fingerprint density at radius 3 is 2.32 bits per heavy atom. The number of carbonyl (C=O) groups is 1. The fourth-order valence-corrected chi connectivity index (χ4v) is 3.77. The van der Waals surface area contributed by atoms with E-state index in [1.165, 1.54) is 4.68 Å². The van der Waals surface area contributed by atoms with Crippen LogP contribution in [0.15, 0.2) is 65.5 Å². The molecule has 7 nitrogen and oxygen atoms in total. The van der Waals surface area contributed by atoms with Gasteiger partial charge in [0.25, 0.3) is 5.56 Å². The zero-order valence-electron chi connectivity index (χ0n) is 17.9. The van der Waals surface area contributed by atoms with Crippen molar-refractivity contribution in [3.8, 4) is 5.69 Å². The molecule has 0 spiro atoms. The quantitative estimate of drug-likeness (QED) is 0.525. The predicted octanol–water partition coefficient (Wildman–Crippen LogP) is 3.12. The van der Waals surface area contributed by atoms with Crippen LogP contribution >= 0.6 is 0 Å². The molecule has 1 N–H and O–H groups in total. The highest BCUT2D eigenvalue weighted by molar-refractivity contribution is 5.83. The number of carbonyl (C=O) groups excluding carboxylic acids is 1. The topological polar surface area (TPSA) is 81.8 Å². The number of hydrogen-bond acceptors (Lipinski definition) is 4. The zero-order chi connectivity index (χ0) is 22.0. The summed E-state index contributed by atoms with van der Waals surface area (Å²) in [6, 6.07) is 19.6. The Morgan fingerprint density at radius 1 is 1.00 bits per heavy atom. The maximum absolute atomic E-state index is 13.0. The van der Waals surface area contributed by atoms with Crippen molar-refractivity contribution in [2.75, 3.05) is 6.54 Å². The number of fused-ring (bicyclic) bond motifs is 1. The van der Waals surface area contributed by atoms with Gasteiger partial charge in [0.2, 0.25) is 5.91 Å². The number of rotatable bonds is 6. The molecule has 0 saturated heterocycles. The average molecular weight is 415 g/mol. The number of hydrogen-bond donors (Lipinski definition) is 1. The summed E-state index contributed by atoms with van der Waals surface area (Å²) in [4.78, 5) is 25.5. The predicted molar refractivity (Wildman–Crippen MR) is 120 cm³/mol.